The van der Waals surface area contributed by atoms with E-state index in [1.165, 1.54) is 22.3 Å². The molecule has 6 aromatic rings. The quantitative estimate of drug-likeness (QED) is 0.130. The van der Waals surface area contributed by atoms with Gasteiger partial charge in [-0.3, -0.25) is 19.4 Å². The lowest BCUT2D eigenvalue weighted by atomic mass is 9.90. The molecule has 2 amide bonds. The molecule has 3 aliphatic rings. The fraction of sp³-hybridized carbons (Fsp3) is 0.255. The van der Waals surface area contributed by atoms with Gasteiger partial charge in [0.1, 0.15) is 25.0 Å². The van der Waals surface area contributed by atoms with Crippen molar-refractivity contribution >= 4 is 41.5 Å². The van der Waals surface area contributed by atoms with Crippen LogP contribution in [0.4, 0.5) is 0 Å². The van der Waals surface area contributed by atoms with Crippen LogP contribution in [-0.2, 0) is 53.2 Å². The molecule has 0 radical (unpaired) electrons. The number of aryl methyl sites for hydroxylation is 1. The number of carbonyl (C=O) groups is 3. The van der Waals surface area contributed by atoms with E-state index >= 15 is 0 Å². The van der Waals surface area contributed by atoms with Crippen LogP contribution in [0.5, 0.6) is 17.2 Å². The van der Waals surface area contributed by atoms with Gasteiger partial charge in [0.2, 0.25) is 11.8 Å². The number of fused-ring (bicyclic) bond motifs is 3. The van der Waals surface area contributed by atoms with Gasteiger partial charge in [-0.2, -0.15) is 0 Å². The summed E-state index contributed by atoms with van der Waals surface area (Å²) >= 11 is 12.2. The average molecular weight is 885 g/mol. The minimum absolute atomic E-state index is 0.00321. The highest BCUT2D eigenvalue weighted by molar-refractivity contribution is 6.42. The maximum Gasteiger partial charge on any atom is 0.290 e. The summed E-state index contributed by atoms with van der Waals surface area (Å²) in [6, 6.07) is 35.3. The molecule has 2 unspecified atom stereocenters. The first kappa shape index (κ1) is 43.3. The molecule has 5 aromatic carbocycles. The second kappa shape index (κ2) is 19.4. The lowest BCUT2D eigenvalue weighted by Crippen LogP contribution is -2.54. The molecular weight excluding hydrogens is 837 g/mol. The Hall–Kier alpha value is -6.36. The lowest BCUT2D eigenvalue weighted by Gasteiger charge is -2.38. The van der Waals surface area contributed by atoms with Crippen molar-refractivity contribution in [3.8, 4) is 28.4 Å². The zero-order chi connectivity index (χ0) is 44.0. The third-order valence-corrected chi connectivity index (χ3v) is 12.9. The summed E-state index contributed by atoms with van der Waals surface area (Å²) < 4.78 is 18.8. The van der Waals surface area contributed by atoms with E-state index in [4.69, 9.17) is 47.3 Å². The van der Waals surface area contributed by atoms with Crippen molar-refractivity contribution < 1.29 is 33.7 Å². The van der Waals surface area contributed by atoms with E-state index in [2.05, 4.69) is 53.6 Å². The third-order valence-electron chi connectivity index (χ3n) is 12.1. The number of amides is 2. The number of halogens is 2. The number of nitrogens with zero attached hydrogens (tertiary/aromatic N) is 2. The fourth-order valence-corrected chi connectivity index (χ4v) is 8.90. The molecule has 0 saturated heterocycles. The second-order valence-corrected chi connectivity index (χ2v) is 16.9. The molecule has 0 fully saturated rings. The van der Waals surface area contributed by atoms with Crippen molar-refractivity contribution in [1.29, 1.82) is 0 Å². The Morgan fingerprint density at radius 3 is 2.25 bits per heavy atom. The van der Waals surface area contributed by atoms with E-state index in [-0.39, 0.29) is 30.3 Å². The molecule has 9 rings (SSSR count). The Morgan fingerprint density at radius 1 is 0.841 bits per heavy atom. The second-order valence-electron chi connectivity index (χ2n) is 16.1. The topological polar surface area (TPSA) is 127 Å². The predicted molar refractivity (Wildman–Crippen MR) is 242 cm³/mol. The van der Waals surface area contributed by atoms with E-state index in [1.807, 2.05) is 73.8 Å². The zero-order valence-corrected chi connectivity index (χ0v) is 36.5. The van der Waals surface area contributed by atoms with Crippen LogP contribution >= 0.6 is 23.2 Å². The van der Waals surface area contributed by atoms with Gasteiger partial charge in [0.05, 0.1) is 10.0 Å². The van der Waals surface area contributed by atoms with Crippen molar-refractivity contribution in [2.45, 2.75) is 64.8 Å². The van der Waals surface area contributed by atoms with Crippen molar-refractivity contribution in [3.63, 3.8) is 0 Å². The van der Waals surface area contributed by atoms with Gasteiger partial charge >= 0.3 is 0 Å². The Morgan fingerprint density at radius 2 is 1.54 bits per heavy atom. The third kappa shape index (κ3) is 9.83. The van der Waals surface area contributed by atoms with Crippen LogP contribution in [0.1, 0.15) is 56.3 Å². The maximum absolute atomic E-state index is 14.5. The molecule has 2 aliphatic heterocycles. The van der Waals surface area contributed by atoms with Crippen molar-refractivity contribution in [1.82, 2.24) is 15.2 Å². The first-order chi connectivity index (χ1) is 30.6. The molecule has 63 heavy (non-hydrogen) atoms. The van der Waals surface area contributed by atoms with Crippen molar-refractivity contribution in [2.75, 3.05) is 13.2 Å². The Labute approximate surface area is 376 Å². The standard InChI is InChI=1S/C50H45Cl2N3O5.CH2O2/c1-30-31(2)53-20-18-42(30)34-10-7-32(8-11-34)17-19-54-49(56)45-24-38-25-46-47(26-40(38)27-55(45)50(57)39-22-36-5-3-4-6-37(36)23-39)60-48(29-59-46)35-12-14-41(15-13-35)58-28-33-9-16-43(51)44(52)21-33;2-1-3/h3-16,18,20-21,25-26,39,45,48H,17,19,22-24,27-29H2,1-2H3,(H,54,56);1H,(H,2,3). The number of nitrogens with one attached hydrogen (secondary N) is 1. The summed E-state index contributed by atoms with van der Waals surface area (Å²) in [6.07, 6.45) is 3.90. The van der Waals surface area contributed by atoms with Gasteiger partial charge in [0.25, 0.3) is 6.47 Å². The van der Waals surface area contributed by atoms with Crippen LogP contribution in [0.25, 0.3) is 11.1 Å². The monoisotopic (exact) mass is 883 g/mol. The average Bonchev–Trinajstić information content (AvgIpc) is 3.74. The van der Waals surface area contributed by atoms with E-state index < -0.39 is 6.04 Å². The van der Waals surface area contributed by atoms with Crippen LogP contribution in [-0.4, -0.2) is 52.5 Å². The summed E-state index contributed by atoms with van der Waals surface area (Å²) in [5, 5.41) is 11.1. The van der Waals surface area contributed by atoms with Crippen LogP contribution < -0.4 is 19.5 Å². The van der Waals surface area contributed by atoms with Crippen LogP contribution in [0, 0.1) is 19.8 Å². The number of hydrogen-bond acceptors (Lipinski definition) is 7. The van der Waals surface area contributed by atoms with Crippen LogP contribution in [0.2, 0.25) is 10.0 Å². The van der Waals surface area contributed by atoms with E-state index in [0.29, 0.717) is 79.3 Å². The summed E-state index contributed by atoms with van der Waals surface area (Å²) in [5.41, 5.74) is 11.8. The summed E-state index contributed by atoms with van der Waals surface area (Å²) in [5.74, 6) is 1.60. The van der Waals surface area contributed by atoms with Gasteiger partial charge in [0, 0.05) is 37.3 Å². The minimum Gasteiger partial charge on any atom is -0.489 e. The Bertz CT molecular complexity index is 2610. The largest absolute Gasteiger partial charge is 0.489 e. The summed E-state index contributed by atoms with van der Waals surface area (Å²) in [6.45, 7) is 5.31. The van der Waals surface area contributed by atoms with Crippen molar-refractivity contribution in [3.05, 3.63) is 176 Å². The predicted octanol–water partition coefficient (Wildman–Crippen LogP) is 9.49. The minimum atomic E-state index is -0.651. The number of aromatic nitrogens is 1. The number of carbonyl (C=O) groups excluding carboxylic acids is 2. The first-order valence-corrected chi connectivity index (χ1v) is 21.7. The number of pyridine rings is 1. The van der Waals surface area contributed by atoms with Crippen LogP contribution in [0.3, 0.4) is 0 Å². The molecule has 12 heteroatoms. The summed E-state index contributed by atoms with van der Waals surface area (Å²) in [7, 11) is 0. The first-order valence-electron chi connectivity index (χ1n) is 20.9. The fourth-order valence-electron chi connectivity index (χ4n) is 8.58. The molecule has 0 bridgehead atoms. The van der Waals surface area contributed by atoms with Gasteiger partial charge in [-0.15, -0.1) is 0 Å². The molecule has 0 saturated carbocycles. The summed E-state index contributed by atoms with van der Waals surface area (Å²) in [4.78, 5) is 43.1. The van der Waals surface area contributed by atoms with E-state index in [9.17, 15) is 9.59 Å². The molecule has 10 nitrogen and oxygen atoms in total. The number of carboxylic acid groups (broad SMARTS) is 1. The number of benzene rings is 5. The van der Waals surface area contributed by atoms with E-state index in [1.54, 1.807) is 17.0 Å². The van der Waals surface area contributed by atoms with Gasteiger partial charge in [-0.1, -0.05) is 89.9 Å². The smallest absolute Gasteiger partial charge is 0.290 e. The number of ether oxygens (including phenoxy) is 3. The van der Waals surface area contributed by atoms with Gasteiger partial charge < -0.3 is 29.5 Å². The molecule has 322 valence electrons. The SMILES string of the molecule is Cc1nccc(-c2ccc(CCNC(=O)C3Cc4cc5c(cc4CN3C(=O)C3Cc4ccccc4C3)OC(c3ccc(OCc4ccc(Cl)c(Cl)c4)cc3)CO5)cc2)c1C.O=CO. The lowest BCUT2D eigenvalue weighted by molar-refractivity contribution is -0.144. The molecule has 3 heterocycles. The van der Waals surface area contributed by atoms with Crippen molar-refractivity contribution in [2.24, 2.45) is 5.92 Å². The Balaban J connectivity index is 0.00000177. The highest BCUT2D eigenvalue weighted by atomic mass is 35.5. The molecule has 0 spiro atoms. The highest BCUT2D eigenvalue weighted by Gasteiger charge is 2.40. The molecular formula is C51H47Cl2N3O7. The number of hydrogen-bond donors (Lipinski definition) is 2. The molecule has 1 aromatic heterocycles. The normalized spacial score (nSPS) is 16.2. The van der Waals surface area contributed by atoms with Gasteiger partial charge in [-0.05, 0) is 131 Å². The molecule has 1 aliphatic carbocycles. The van der Waals surface area contributed by atoms with Crippen LogP contribution in [0.15, 0.2) is 115 Å². The maximum atomic E-state index is 14.5. The Kier molecular flexibility index (Phi) is 13.3. The van der Waals surface area contributed by atoms with Gasteiger partial charge in [0.15, 0.2) is 17.6 Å². The van der Waals surface area contributed by atoms with E-state index in [0.717, 1.165) is 39.1 Å². The van der Waals surface area contributed by atoms with Gasteiger partial charge in [-0.25, -0.2) is 0 Å². The highest BCUT2D eigenvalue weighted by Crippen LogP contribution is 2.42. The zero-order valence-electron chi connectivity index (χ0n) is 35.0. The molecule has 2 atom stereocenters. The number of rotatable bonds is 10. The molecule has 2 N–H and O–H groups in total.